The smallest absolute Gasteiger partial charge is 0.152 e. The lowest BCUT2D eigenvalue weighted by Gasteiger charge is -2.02. The van der Waals surface area contributed by atoms with E-state index in [0.717, 1.165) is 16.8 Å². The van der Waals surface area contributed by atoms with Crippen LogP contribution in [0.4, 0.5) is 0 Å². The zero-order valence-corrected chi connectivity index (χ0v) is 9.72. The lowest BCUT2D eigenvalue weighted by molar-refractivity contribution is 1.40. The molecule has 2 heteroatoms. The highest BCUT2D eigenvalue weighted by atomic mass is 14.8. The van der Waals surface area contributed by atoms with Crippen LogP contribution >= 0.6 is 0 Å². The number of nitrogens with zero attached hydrogens (tertiary/aromatic N) is 1. The third kappa shape index (κ3) is 2.88. The van der Waals surface area contributed by atoms with Crippen LogP contribution in [-0.4, -0.2) is 11.5 Å². The number of aliphatic imine (C=N–C) groups is 1. The van der Waals surface area contributed by atoms with Crippen LogP contribution in [0.1, 0.15) is 18.1 Å². The minimum atomic E-state index is 0.298. The lowest BCUT2D eigenvalue weighted by Crippen LogP contribution is -2.01. The first kappa shape index (κ1) is 11.3. The van der Waals surface area contributed by atoms with Gasteiger partial charge in [0.1, 0.15) is 0 Å². The van der Waals surface area contributed by atoms with E-state index in [1.165, 1.54) is 0 Å². The van der Waals surface area contributed by atoms with E-state index >= 15 is 0 Å². The van der Waals surface area contributed by atoms with E-state index in [9.17, 15) is 0 Å². The largest absolute Gasteiger partial charge is 0.282 e. The third-order valence-corrected chi connectivity index (χ3v) is 2.52. The van der Waals surface area contributed by atoms with Crippen LogP contribution in [0, 0.1) is 5.41 Å². The van der Waals surface area contributed by atoms with E-state index in [4.69, 9.17) is 5.41 Å². The molecule has 84 valence electrons. The summed E-state index contributed by atoms with van der Waals surface area (Å²) in [7, 11) is 0. The van der Waals surface area contributed by atoms with Gasteiger partial charge in [0.25, 0.3) is 0 Å². The fourth-order valence-corrected chi connectivity index (χ4v) is 1.57. The Hall–Kier alpha value is -2.22. The third-order valence-electron chi connectivity index (χ3n) is 2.52. The zero-order chi connectivity index (χ0) is 12.1. The summed E-state index contributed by atoms with van der Waals surface area (Å²) in [4.78, 5) is 4.32. The normalized spacial score (nSPS) is 11.2. The number of nitrogens with one attached hydrogen (secondary N) is 1. The molecule has 0 aromatic heterocycles. The minimum absolute atomic E-state index is 0.298. The predicted molar refractivity (Wildman–Crippen MR) is 71.9 cm³/mol. The average molecular weight is 222 g/mol. The predicted octanol–water partition coefficient (Wildman–Crippen LogP) is 3.52. The molecular formula is C15H14N2. The van der Waals surface area contributed by atoms with Crippen molar-refractivity contribution < 1.29 is 0 Å². The minimum Gasteiger partial charge on any atom is -0.282 e. The van der Waals surface area contributed by atoms with E-state index in [0.29, 0.717) is 5.84 Å². The van der Waals surface area contributed by atoms with Gasteiger partial charge in [-0.1, -0.05) is 60.7 Å². The Kier molecular flexibility index (Phi) is 3.46. The second-order valence-corrected chi connectivity index (χ2v) is 3.78. The Labute approximate surface area is 101 Å². The number of benzene rings is 2. The molecule has 0 fully saturated rings. The molecule has 0 atom stereocenters. The first-order valence-corrected chi connectivity index (χ1v) is 5.52. The molecule has 0 amide bonds. The summed E-state index contributed by atoms with van der Waals surface area (Å²) in [5, 5.41) is 7.92. The van der Waals surface area contributed by atoms with Crippen molar-refractivity contribution in [2.75, 3.05) is 0 Å². The lowest BCUT2D eigenvalue weighted by atomic mass is 10.1. The molecule has 0 spiro atoms. The Morgan fingerprint density at radius 2 is 1.29 bits per heavy atom. The monoisotopic (exact) mass is 222 g/mol. The maximum Gasteiger partial charge on any atom is 0.152 e. The Morgan fingerprint density at radius 3 is 1.82 bits per heavy atom. The van der Waals surface area contributed by atoms with E-state index in [2.05, 4.69) is 4.99 Å². The van der Waals surface area contributed by atoms with Crippen LogP contribution in [0.25, 0.3) is 0 Å². The maximum absolute atomic E-state index is 7.92. The summed E-state index contributed by atoms with van der Waals surface area (Å²) in [5.41, 5.74) is 2.75. The van der Waals surface area contributed by atoms with Gasteiger partial charge in [0, 0.05) is 11.3 Å². The van der Waals surface area contributed by atoms with Crippen molar-refractivity contribution in [1.82, 2.24) is 0 Å². The van der Waals surface area contributed by atoms with Crippen LogP contribution in [0.5, 0.6) is 0 Å². The van der Waals surface area contributed by atoms with Gasteiger partial charge in [-0.3, -0.25) is 5.41 Å². The number of hydrogen-bond acceptors (Lipinski definition) is 1. The van der Waals surface area contributed by atoms with Crippen LogP contribution in [0.3, 0.4) is 0 Å². The van der Waals surface area contributed by atoms with E-state index < -0.39 is 0 Å². The van der Waals surface area contributed by atoms with Crippen molar-refractivity contribution in [3.63, 3.8) is 0 Å². The number of rotatable bonds is 2. The maximum atomic E-state index is 7.92. The second-order valence-electron chi connectivity index (χ2n) is 3.78. The SMILES string of the molecule is C/C(=N\C(=N)c1ccccc1)c1ccccc1. The topological polar surface area (TPSA) is 36.2 Å². The summed E-state index contributed by atoms with van der Waals surface area (Å²) >= 11 is 0. The summed E-state index contributed by atoms with van der Waals surface area (Å²) < 4.78 is 0. The quantitative estimate of drug-likeness (QED) is 0.596. The van der Waals surface area contributed by atoms with Gasteiger partial charge in [0.15, 0.2) is 5.84 Å². The Balaban J connectivity index is 2.24. The molecule has 2 aromatic rings. The Bertz CT molecular complexity index is 527. The fourth-order valence-electron chi connectivity index (χ4n) is 1.57. The molecule has 1 N–H and O–H groups in total. The first-order chi connectivity index (χ1) is 8.27. The average Bonchev–Trinajstić information content (AvgIpc) is 2.40. The first-order valence-electron chi connectivity index (χ1n) is 5.52. The Morgan fingerprint density at radius 1 is 0.824 bits per heavy atom. The molecule has 0 unspecified atom stereocenters. The number of amidine groups is 1. The van der Waals surface area contributed by atoms with E-state index in [1.54, 1.807) is 0 Å². The molecular weight excluding hydrogens is 208 g/mol. The van der Waals surface area contributed by atoms with Gasteiger partial charge in [0.2, 0.25) is 0 Å². The molecule has 2 aromatic carbocycles. The van der Waals surface area contributed by atoms with E-state index in [-0.39, 0.29) is 0 Å². The molecule has 0 aliphatic carbocycles. The van der Waals surface area contributed by atoms with Crippen molar-refractivity contribution in [3.8, 4) is 0 Å². The molecule has 0 aliphatic heterocycles. The molecule has 17 heavy (non-hydrogen) atoms. The van der Waals surface area contributed by atoms with Crippen LogP contribution < -0.4 is 0 Å². The van der Waals surface area contributed by atoms with Crippen molar-refractivity contribution in [3.05, 3.63) is 71.8 Å². The highest BCUT2D eigenvalue weighted by molar-refractivity contribution is 6.10. The van der Waals surface area contributed by atoms with Gasteiger partial charge in [-0.25, -0.2) is 4.99 Å². The van der Waals surface area contributed by atoms with E-state index in [1.807, 2.05) is 67.6 Å². The highest BCUT2D eigenvalue weighted by Crippen LogP contribution is 2.05. The van der Waals surface area contributed by atoms with Gasteiger partial charge in [0.05, 0.1) is 0 Å². The van der Waals surface area contributed by atoms with Gasteiger partial charge in [-0.2, -0.15) is 0 Å². The molecule has 0 heterocycles. The van der Waals surface area contributed by atoms with Crippen molar-refractivity contribution in [2.24, 2.45) is 4.99 Å². The molecule has 0 radical (unpaired) electrons. The van der Waals surface area contributed by atoms with Crippen LogP contribution in [0.15, 0.2) is 65.7 Å². The van der Waals surface area contributed by atoms with Gasteiger partial charge >= 0.3 is 0 Å². The van der Waals surface area contributed by atoms with Gasteiger partial charge in [-0.15, -0.1) is 0 Å². The molecule has 2 nitrogen and oxygen atoms in total. The molecule has 0 aliphatic rings. The second kappa shape index (κ2) is 5.21. The van der Waals surface area contributed by atoms with Crippen LogP contribution in [0.2, 0.25) is 0 Å². The summed E-state index contributed by atoms with van der Waals surface area (Å²) in [6.45, 7) is 1.92. The zero-order valence-electron chi connectivity index (χ0n) is 9.72. The van der Waals surface area contributed by atoms with Gasteiger partial charge in [-0.05, 0) is 12.5 Å². The molecule has 2 rings (SSSR count). The standard InChI is InChI=1S/C15H14N2/c1-12(13-8-4-2-5-9-13)17-15(16)14-10-6-3-7-11-14/h2-11,16H,1H3/b16-15?,17-12+. The molecule has 0 saturated carbocycles. The molecule has 0 bridgehead atoms. The van der Waals surface area contributed by atoms with Gasteiger partial charge < -0.3 is 0 Å². The van der Waals surface area contributed by atoms with Crippen molar-refractivity contribution in [2.45, 2.75) is 6.92 Å². The van der Waals surface area contributed by atoms with Crippen molar-refractivity contribution in [1.29, 1.82) is 5.41 Å². The fraction of sp³-hybridized carbons (Fsp3) is 0.0667. The van der Waals surface area contributed by atoms with Crippen LogP contribution in [-0.2, 0) is 0 Å². The summed E-state index contributed by atoms with van der Waals surface area (Å²) in [6, 6.07) is 19.5. The summed E-state index contributed by atoms with van der Waals surface area (Å²) in [6.07, 6.45) is 0. The van der Waals surface area contributed by atoms with Crippen molar-refractivity contribution >= 4 is 11.5 Å². The molecule has 0 saturated heterocycles. The highest BCUT2D eigenvalue weighted by Gasteiger charge is 2.00. The number of hydrogen-bond donors (Lipinski definition) is 1. The summed E-state index contributed by atoms with van der Waals surface area (Å²) in [5.74, 6) is 0.298.